The zero-order chi connectivity index (χ0) is 23.2. The highest BCUT2D eigenvalue weighted by molar-refractivity contribution is 6.15. The quantitative estimate of drug-likeness (QED) is 0.282. The van der Waals surface area contributed by atoms with Gasteiger partial charge in [0, 0.05) is 26.2 Å². The van der Waals surface area contributed by atoms with Gasteiger partial charge >= 0.3 is 17.9 Å². The first-order valence-corrected chi connectivity index (χ1v) is 10.1. The summed E-state index contributed by atoms with van der Waals surface area (Å²) in [6, 6.07) is 0. The molecule has 1 heterocycles. The molecule has 0 amide bonds. The van der Waals surface area contributed by atoms with Crippen LogP contribution in [-0.4, -0.2) is 41.2 Å². The molecule has 1 fully saturated rings. The summed E-state index contributed by atoms with van der Waals surface area (Å²) >= 11 is 0. The van der Waals surface area contributed by atoms with Crippen LogP contribution in [0.3, 0.4) is 0 Å². The number of cyclic esters (lactones) is 2. The van der Waals surface area contributed by atoms with Crippen LogP contribution in [0.15, 0.2) is 47.3 Å². The summed E-state index contributed by atoms with van der Waals surface area (Å²) in [6.07, 6.45) is 7.87. The number of ether oxygens (including phenoxy) is 3. The number of hydrogen-bond donors (Lipinski definition) is 1. The summed E-state index contributed by atoms with van der Waals surface area (Å²) in [4.78, 5) is 48.0. The van der Waals surface area contributed by atoms with E-state index in [0.717, 1.165) is 0 Å². The number of ketones is 1. The first-order valence-electron chi connectivity index (χ1n) is 10.1. The topological polar surface area (TPSA) is 116 Å². The van der Waals surface area contributed by atoms with Gasteiger partial charge in [0.15, 0.2) is 5.78 Å². The summed E-state index contributed by atoms with van der Waals surface area (Å²) in [7, 11) is 0. The minimum Gasteiger partial charge on any atom is -0.512 e. The maximum absolute atomic E-state index is 12.2. The molecular weight excluding hydrogens is 404 g/mol. The molecule has 2 aliphatic rings. The zero-order valence-corrected chi connectivity index (χ0v) is 18.2. The molecule has 0 atom stereocenters. The molecule has 0 aromatic carbocycles. The van der Waals surface area contributed by atoms with Crippen LogP contribution in [0.4, 0.5) is 0 Å². The summed E-state index contributed by atoms with van der Waals surface area (Å²) in [5, 5.41) is 10.1. The van der Waals surface area contributed by atoms with Crippen LogP contribution >= 0.6 is 0 Å². The van der Waals surface area contributed by atoms with E-state index in [-0.39, 0.29) is 47.6 Å². The second-order valence-electron chi connectivity index (χ2n) is 8.34. The van der Waals surface area contributed by atoms with Crippen molar-refractivity contribution >= 4 is 23.7 Å². The largest absolute Gasteiger partial charge is 0.512 e. The maximum Gasteiger partial charge on any atom is 0.348 e. The SMILES string of the molecule is CCOC(=O)CCC1(C)OC(=O)C(=C/C=C/C=C/C2=C(O)CC(C)(C)CC2=O)C(=O)O1. The Kier molecular flexibility index (Phi) is 7.60. The van der Waals surface area contributed by atoms with Gasteiger partial charge in [0.1, 0.15) is 11.3 Å². The first-order chi connectivity index (χ1) is 14.5. The molecule has 31 heavy (non-hydrogen) atoms. The number of esters is 3. The van der Waals surface area contributed by atoms with Crippen LogP contribution in [0.1, 0.15) is 53.4 Å². The Morgan fingerprint density at radius 1 is 1.06 bits per heavy atom. The third-order valence-electron chi connectivity index (χ3n) is 4.79. The molecule has 0 radical (unpaired) electrons. The average Bonchev–Trinajstić information content (AvgIpc) is 2.63. The van der Waals surface area contributed by atoms with Crippen LogP contribution in [-0.2, 0) is 33.4 Å². The van der Waals surface area contributed by atoms with Crippen LogP contribution in [0.2, 0.25) is 0 Å². The fourth-order valence-electron chi connectivity index (χ4n) is 3.27. The van der Waals surface area contributed by atoms with Crippen molar-refractivity contribution in [2.75, 3.05) is 6.61 Å². The first kappa shape index (κ1) is 24.1. The predicted octanol–water partition coefficient (Wildman–Crippen LogP) is 3.39. The van der Waals surface area contributed by atoms with Crippen LogP contribution < -0.4 is 0 Å². The third kappa shape index (κ3) is 6.67. The van der Waals surface area contributed by atoms with Gasteiger partial charge in [0.2, 0.25) is 0 Å². The second-order valence-corrected chi connectivity index (χ2v) is 8.34. The standard InChI is InChI=1S/C23H28O8/c1-5-29-19(26)11-12-23(4)30-20(27)16(21(28)31-23)10-8-6-7-9-15-17(24)13-22(2,3)14-18(15)25/h6-10,24H,5,11-14H2,1-4H3/b8-6+,9-7+,16-10?. The summed E-state index contributed by atoms with van der Waals surface area (Å²) < 4.78 is 15.2. The van der Waals surface area contributed by atoms with E-state index < -0.39 is 23.7 Å². The molecule has 0 aromatic rings. The molecule has 8 heteroatoms. The highest BCUT2D eigenvalue weighted by Crippen LogP contribution is 2.36. The van der Waals surface area contributed by atoms with Crippen molar-refractivity contribution in [2.45, 2.75) is 59.2 Å². The zero-order valence-electron chi connectivity index (χ0n) is 18.2. The van der Waals surface area contributed by atoms with Gasteiger partial charge in [-0.3, -0.25) is 9.59 Å². The predicted molar refractivity (Wildman–Crippen MR) is 110 cm³/mol. The highest BCUT2D eigenvalue weighted by atomic mass is 16.7. The van der Waals surface area contributed by atoms with Crippen LogP contribution in [0.5, 0.6) is 0 Å². The number of carbonyl (C=O) groups excluding carboxylic acids is 4. The molecule has 0 saturated carbocycles. The normalized spacial score (nSPS) is 23.9. The Morgan fingerprint density at radius 2 is 1.71 bits per heavy atom. The van der Waals surface area contributed by atoms with Crippen molar-refractivity contribution in [2.24, 2.45) is 5.41 Å². The van der Waals surface area contributed by atoms with Crippen molar-refractivity contribution in [1.82, 2.24) is 0 Å². The second kappa shape index (κ2) is 9.76. The van der Waals surface area contributed by atoms with Crippen LogP contribution in [0.25, 0.3) is 0 Å². The smallest absolute Gasteiger partial charge is 0.348 e. The minimum absolute atomic E-state index is 0.0153. The molecule has 1 saturated heterocycles. The molecule has 1 N–H and O–H groups in total. The van der Waals surface area contributed by atoms with Crippen LogP contribution in [0, 0.1) is 5.41 Å². The van der Waals surface area contributed by atoms with E-state index >= 15 is 0 Å². The van der Waals surface area contributed by atoms with Crippen molar-refractivity contribution < 1.29 is 38.5 Å². The van der Waals surface area contributed by atoms with Crippen molar-refractivity contribution in [3.8, 4) is 0 Å². The van der Waals surface area contributed by atoms with E-state index in [4.69, 9.17) is 14.2 Å². The number of hydrogen-bond acceptors (Lipinski definition) is 8. The van der Waals surface area contributed by atoms with E-state index in [2.05, 4.69) is 0 Å². The molecular formula is C23H28O8. The van der Waals surface area contributed by atoms with Gasteiger partial charge in [-0.2, -0.15) is 0 Å². The van der Waals surface area contributed by atoms with Gasteiger partial charge in [-0.25, -0.2) is 9.59 Å². The molecule has 0 spiro atoms. The Balaban J connectivity index is 1.99. The lowest BCUT2D eigenvalue weighted by atomic mass is 9.76. The number of allylic oxidation sites excluding steroid dienone is 7. The van der Waals surface area contributed by atoms with E-state index in [1.807, 2.05) is 13.8 Å². The Hall–Kier alpha value is -3.16. The number of rotatable bonds is 7. The Morgan fingerprint density at radius 3 is 2.29 bits per heavy atom. The van der Waals surface area contributed by atoms with Crippen molar-refractivity contribution in [1.29, 1.82) is 0 Å². The van der Waals surface area contributed by atoms with Gasteiger partial charge < -0.3 is 19.3 Å². The number of aliphatic hydroxyl groups is 1. The molecule has 0 bridgehead atoms. The molecule has 1 aliphatic carbocycles. The van der Waals surface area contributed by atoms with Gasteiger partial charge in [0.05, 0.1) is 18.6 Å². The van der Waals surface area contributed by atoms with Gasteiger partial charge in [0.25, 0.3) is 5.79 Å². The number of aliphatic hydroxyl groups excluding tert-OH is 1. The number of carbonyl (C=O) groups is 4. The summed E-state index contributed by atoms with van der Waals surface area (Å²) in [5.74, 6) is -3.83. The molecule has 8 nitrogen and oxygen atoms in total. The monoisotopic (exact) mass is 432 g/mol. The molecule has 2 rings (SSSR count). The van der Waals surface area contributed by atoms with E-state index in [0.29, 0.717) is 12.8 Å². The van der Waals surface area contributed by atoms with Crippen molar-refractivity contribution in [3.05, 3.63) is 47.3 Å². The summed E-state index contributed by atoms with van der Waals surface area (Å²) in [5.41, 5.74) is -0.313. The van der Waals surface area contributed by atoms with Gasteiger partial charge in [-0.1, -0.05) is 32.1 Å². The summed E-state index contributed by atoms with van der Waals surface area (Å²) in [6.45, 7) is 7.13. The maximum atomic E-state index is 12.2. The van der Waals surface area contributed by atoms with E-state index in [1.54, 1.807) is 6.92 Å². The fourth-order valence-corrected chi connectivity index (χ4v) is 3.27. The number of Topliss-reactive ketones (excluding diaryl/α,β-unsaturated/α-hetero) is 1. The average molecular weight is 432 g/mol. The van der Waals surface area contributed by atoms with Gasteiger partial charge in [-0.15, -0.1) is 0 Å². The fraction of sp³-hybridized carbons (Fsp3) is 0.478. The lowest BCUT2D eigenvalue weighted by molar-refractivity contribution is -0.231. The molecule has 1 aliphatic heterocycles. The minimum atomic E-state index is -1.54. The van der Waals surface area contributed by atoms with Crippen molar-refractivity contribution in [3.63, 3.8) is 0 Å². The molecule has 168 valence electrons. The van der Waals surface area contributed by atoms with E-state index in [1.165, 1.54) is 37.3 Å². The van der Waals surface area contributed by atoms with Gasteiger partial charge in [-0.05, 0) is 24.5 Å². The molecule has 0 unspecified atom stereocenters. The Labute approximate surface area is 181 Å². The molecule has 0 aromatic heterocycles. The third-order valence-corrected chi connectivity index (χ3v) is 4.79. The lowest BCUT2D eigenvalue weighted by Crippen LogP contribution is -2.44. The highest BCUT2D eigenvalue weighted by Gasteiger charge is 2.42. The lowest BCUT2D eigenvalue weighted by Gasteiger charge is -2.33. The van der Waals surface area contributed by atoms with E-state index in [9.17, 15) is 24.3 Å². The Bertz CT molecular complexity index is 865.